The Balaban J connectivity index is 1.87. The molecule has 0 aliphatic heterocycles. The lowest BCUT2D eigenvalue weighted by Gasteiger charge is -2.17. The molecule has 0 radical (unpaired) electrons. The number of hydrogen-bond donors (Lipinski definition) is 2. The quantitative estimate of drug-likeness (QED) is 0.638. The number of rotatable bonds is 8. The van der Waals surface area contributed by atoms with E-state index in [-0.39, 0.29) is 23.9 Å². The zero-order chi connectivity index (χ0) is 19.8. The van der Waals surface area contributed by atoms with E-state index in [1.54, 1.807) is 49.5 Å². The maximum absolute atomic E-state index is 12.6. The van der Waals surface area contributed by atoms with E-state index in [0.29, 0.717) is 28.2 Å². The van der Waals surface area contributed by atoms with Gasteiger partial charge in [0.2, 0.25) is 11.8 Å². The molecule has 2 aromatic rings. The van der Waals surface area contributed by atoms with Gasteiger partial charge in [-0.15, -0.1) is 0 Å². The summed E-state index contributed by atoms with van der Waals surface area (Å²) in [5, 5.41) is 5.67. The highest BCUT2D eigenvalue weighted by Gasteiger charge is 2.15. The number of para-hydroxylation sites is 2. The Hall–Kier alpha value is -2.16. The lowest BCUT2D eigenvalue weighted by molar-refractivity contribution is -0.119. The van der Waals surface area contributed by atoms with Crippen LogP contribution in [0.2, 0.25) is 5.02 Å². The Labute approximate surface area is 165 Å². The predicted molar refractivity (Wildman–Crippen MR) is 105 cm³/mol. The third-order valence-corrected chi connectivity index (χ3v) is 4.47. The van der Waals surface area contributed by atoms with E-state index in [2.05, 4.69) is 10.6 Å². The van der Waals surface area contributed by atoms with Gasteiger partial charge in [0, 0.05) is 4.90 Å². The minimum absolute atomic E-state index is 0.0356. The van der Waals surface area contributed by atoms with Crippen molar-refractivity contribution in [2.45, 2.75) is 10.7 Å². The monoisotopic (exact) mass is 413 g/mol. The molecule has 0 aliphatic rings. The standard InChI is InChI=1S/C18H18ClF2N3O2S/c1-24(10-16(25)22-13-7-3-2-6-12(13)19)11-17(26)23-14-8-4-5-9-15(14)27-18(20)21/h2-9,18H,10-11H2,1H3,(H,22,25)(H,23,26). The van der Waals surface area contributed by atoms with E-state index in [0.717, 1.165) is 0 Å². The Morgan fingerprint density at radius 2 is 1.52 bits per heavy atom. The predicted octanol–water partition coefficient (Wildman–Crippen LogP) is 4.16. The van der Waals surface area contributed by atoms with Crippen molar-refractivity contribution < 1.29 is 18.4 Å². The van der Waals surface area contributed by atoms with Crippen LogP contribution < -0.4 is 10.6 Å². The largest absolute Gasteiger partial charge is 0.324 e. The number of carbonyl (C=O) groups is 2. The molecular weight excluding hydrogens is 396 g/mol. The van der Waals surface area contributed by atoms with Gasteiger partial charge in [0.15, 0.2) is 0 Å². The smallest absolute Gasteiger partial charge is 0.288 e. The van der Waals surface area contributed by atoms with Gasteiger partial charge in [-0.25, -0.2) is 0 Å². The SMILES string of the molecule is CN(CC(=O)Nc1ccccc1Cl)CC(=O)Nc1ccccc1SC(F)F. The fourth-order valence-electron chi connectivity index (χ4n) is 2.26. The second-order valence-electron chi connectivity index (χ2n) is 5.62. The topological polar surface area (TPSA) is 61.4 Å². The van der Waals surface area contributed by atoms with Gasteiger partial charge in [0.25, 0.3) is 5.76 Å². The summed E-state index contributed by atoms with van der Waals surface area (Å²) in [6.45, 7) is -0.115. The molecule has 0 aliphatic carbocycles. The summed E-state index contributed by atoms with van der Waals surface area (Å²) >= 11 is 6.34. The number of halogens is 3. The normalized spacial score (nSPS) is 10.9. The van der Waals surface area contributed by atoms with Crippen molar-refractivity contribution >= 4 is 46.6 Å². The number of benzene rings is 2. The van der Waals surface area contributed by atoms with Gasteiger partial charge in [0.1, 0.15) is 0 Å². The van der Waals surface area contributed by atoms with Gasteiger partial charge in [-0.2, -0.15) is 8.78 Å². The minimum atomic E-state index is -2.58. The van der Waals surface area contributed by atoms with Gasteiger partial charge >= 0.3 is 0 Å². The second-order valence-corrected chi connectivity index (χ2v) is 7.06. The molecule has 144 valence electrons. The first kappa shape index (κ1) is 21.1. The fraction of sp³-hybridized carbons (Fsp3) is 0.222. The molecule has 0 atom stereocenters. The van der Waals surface area contributed by atoms with Crippen LogP contribution in [0.4, 0.5) is 20.2 Å². The van der Waals surface area contributed by atoms with E-state index in [9.17, 15) is 18.4 Å². The van der Waals surface area contributed by atoms with Crippen molar-refractivity contribution in [1.82, 2.24) is 4.90 Å². The molecule has 0 unspecified atom stereocenters. The molecular formula is C18H18ClF2N3O2S. The number of carbonyl (C=O) groups excluding carboxylic acids is 2. The summed E-state index contributed by atoms with van der Waals surface area (Å²) < 4.78 is 25.2. The number of thioether (sulfide) groups is 1. The Bertz CT molecular complexity index is 808. The number of nitrogens with one attached hydrogen (secondary N) is 2. The van der Waals surface area contributed by atoms with Gasteiger partial charge in [-0.05, 0) is 31.3 Å². The third kappa shape index (κ3) is 7.16. The summed E-state index contributed by atoms with van der Waals surface area (Å²) in [6.07, 6.45) is 0. The Kier molecular flexibility index (Phi) is 8.02. The molecule has 0 fully saturated rings. The van der Waals surface area contributed by atoms with Gasteiger partial charge < -0.3 is 10.6 Å². The van der Waals surface area contributed by atoms with E-state index >= 15 is 0 Å². The lowest BCUT2D eigenvalue weighted by Crippen LogP contribution is -2.36. The molecule has 0 aromatic heterocycles. The van der Waals surface area contributed by atoms with E-state index in [1.165, 1.54) is 11.0 Å². The molecule has 0 bridgehead atoms. The van der Waals surface area contributed by atoms with Crippen LogP contribution in [0.3, 0.4) is 0 Å². The highest BCUT2D eigenvalue weighted by atomic mass is 35.5. The average Bonchev–Trinajstić information content (AvgIpc) is 2.58. The van der Waals surface area contributed by atoms with Crippen molar-refractivity contribution in [3.63, 3.8) is 0 Å². The van der Waals surface area contributed by atoms with Crippen LogP contribution in [-0.2, 0) is 9.59 Å². The molecule has 0 saturated carbocycles. The first-order chi connectivity index (χ1) is 12.8. The zero-order valence-electron chi connectivity index (χ0n) is 14.4. The number of alkyl halides is 2. The van der Waals surface area contributed by atoms with Gasteiger partial charge in [-0.3, -0.25) is 14.5 Å². The second kappa shape index (κ2) is 10.2. The molecule has 0 saturated heterocycles. The van der Waals surface area contributed by atoms with Crippen molar-refractivity contribution in [1.29, 1.82) is 0 Å². The van der Waals surface area contributed by atoms with Crippen LogP contribution in [0.5, 0.6) is 0 Å². The fourth-order valence-corrected chi connectivity index (χ4v) is 3.04. The van der Waals surface area contributed by atoms with Crippen molar-refractivity contribution in [3.8, 4) is 0 Å². The summed E-state index contributed by atoms with van der Waals surface area (Å²) in [7, 11) is 1.60. The molecule has 2 N–H and O–H groups in total. The van der Waals surface area contributed by atoms with Gasteiger partial charge in [-0.1, -0.05) is 47.6 Å². The maximum Gasteiger partial charge on any atom is 0.288 e. The Morgan fingerprint density at radius 1 is 1.00 bits per heavy atom. The Morgan fingerprint density at radius 3 is 2.11 bits per heavy atom. The van der Waals surface area contributed by atoms with Crippen LogP contribution >= 0.6 is 23.4 Å². The lowest BCUT2D eigenvalue weighted by atomic mass is 10.3. The van der Waals surface area contributed by atoms with Crippen LogP contribution in [0, 0.1) is 0 Å². The van der Waals surface area contributed by atoms with Crippen LogP contribution in [-0.4, -0.2) is 42.6 Å². The zero-order valence-corrected chi connectivity index (χ0v) is 16.0. The molecule has 27 heavy (non-hydrogen) atoms. The molecule has 2 rings (SSSR count). The van der Waals surface area contributed by atoms with Gasteiger partial charge in [0.05, 0.1) is 29.5 Å². The first-order valence-electron chi connectivity index (χ1n) is 7.91. The first-order valence-corrected chi connectivity index (χ1v) is 9.17. The van der Waals surface area contributed by atoms with Crippen molar-refractivity contribution in [2.75, 3.05) is 30.8 Å². The highest BCUT2D eigenvalue weighted by Crippen LogP contribution is 2.31. The molecule has 2 aromatic carbocycles. The van der Waals surface area contributed by atoms with E-state index in [4.69, 9.17) is 11.6 Å². The molecule has 0 heterocycles. The number of amides is 2. The highest BCUT2D eigenvalue weighted by molar-refractivity contribution is 7.99. The maximum atomic E-state index is 12.6. The van der Waals surface area contributed by atoms with E-state index < -0.39 is 11.7 Å². The molecule has 9 heteroatoms. The summed E-state index contributed by atoms with van der Waals surface area (Å²) in [5.74, 6) is -3.32. The summed E-state index contributed by atoms with van der Waals surface area (Å²) in [4.78, 5) is 26.0. The summed E-state index contributed by atoms with van der Waals surface area (Å²) in [6, 6.07) is 13.1. The van der Waals surface area contributed by atoms with Crippen molar-refractivity contribution in [2.24, 2.45) is 0 Å². The number of anilines is 2. The molecule has 2 amide bonds. The van der Waals surface area contributed by atoms with Crippen LogP contribution in [0.25, 0.3) is 0 Å². The minimum Gasteiger partial charge on any atom is -0.324 e. The summed E-state index contributed by atoms with van der Waals surface area (Å²) in [5.41, 5.74) is 0.793. The number of hydrogen-bond acceptors (Lipinski definition) is 4. The number of likely N-dealkylation sites (N-methyl/N-ethyl adjacent to an activating group) is 1. The van der Waals surface area contributed by atoms with Crippen LogP contribution in [0.1, 0.15) is 0 Å². The van der Waals surface area contributed by atoms with E-state index in [1.807, 2.05) is 0 Å². The van der Waals surface area contributed by atoms with Crippen LogP contribution in [0.15, 0.2) is 53.4 Å². The third-order valence-electron chi connectivity index (χ3n) is 3.35. The number of nitrogens with zero attached hydrogens (tertiary/aromatic N) is 1. The van der Waals surface area contributed by atoms with Crippen molar-refractivity contribution in [3.05, 3.63) is 53.6 Å². The average molecular weight is 414 g/mol. The molecule has 5 nitrogen and oxygen atoms in total. The molecule has 0 spiro atoms.